The summed E-state index contributed by atoms with van der Waals surface area (Å²) in [6.07, 6.45) is 0.397. The second kappa shape index (κ2) is 6.83. The highest BCUT2D eigenvalue weighted by atomic mass is 32.1. The first-order valence-electron chi connectivity index (χ1n) is 7.02. The summed E-state index contributed by atoms with van der Waals surface area (Å²) in [7, 11) is 3.20. The third-order valence-corrected chi connectivity index (χ3v) is 4.35. The van der Waals surface area contributed by atoms with Crippen LogP contribution in [0.4, 0.5) is 0 Å². The van der Waals surface area contributed by atoms with Crippen molar-refractivity contribution in [2.45, 2.75) is 25.8 Å². The smallest absolute Gasteiger partial charge is 0.225 e. The van der Waals surface area contributed by atoms with Crippen LogP contribution >= 0.6 is 11.3 Å². The predicted molar refractivity (Wildman–Crippen MR) is 88.7 cm³/mol. The van der Waals surface area contributed by atoms with E-state index in [0.717, 1.165) is 10.4 Å². The summed E-state index contributed by atoms with van der Waals surface area (Å²) in [4.78, 5) is 13.3. The van der Waals surface area contributed by atoms with Crippen molar-refractivity contribution >= 4 is 17.2 Å². The number of hydrogen-bond acceptors (Lipinski definition) is 4. The number of thiophene rings is 1. The first-order valence-corrected chi connectivity index (χ1v) is 7.90. The summed E-state index contributed by atoms with van der Waals surface area (Å²) in [6.45, 7) is 3.95. The van der Waals surface area contributed by atoms with Crippen molar-refractivity contribution in [2.24, 2.45) is 0 Å². The minimum absolute atomic E-state index is 0.00207. The number of carbonyl (C=O) groups excluding carboxylic acids is 1. The molecule has 1 heterocycles. The van der Waals surface area contributed by atoms with E-state index >= 15 is 0 Å². The number of methoxy groups -OCH3 is 2. The Bertz CT molecular complexity index is 635. The molecule has 1 aromatic carbocycles. The van der Waals surface area contributed by atoms with Gasteiger partial charge in [-0.25, -0.2) is 0 Å². The van der Waals surface area contributed by atoms with Crippen molar-refractivity contribution in [3.8, 4) is 11.5 Å². The fourth-order valence-electron chi connectivity index (χ4n) is 2.26. The largest absolute Gasteiger partial charge is 0.493 e. The van der Waals surface area contributed by atoms with Crippen LogP contribution < -0.4 is 14.8 Å². The minimum atomic E-state index is -0.492. The molecule has 2 rings (SSSR count). The molecule has 0 atom stereocenters. The second-order valence-electron chi connectivity index (χ2n) is 5.50. The molecule has 1 N–H and O–H groups in total. The summed E-state index contributed by atoms with van der Waals surface area (Å²) < 4.78 is 10.6. The Kier molecular flexibility index (Phi) is 5.08. The first kappa shape index (κ1) is 16.4. The quantitative estimate of drug-likeness (QED) is 0.888. The number of ether oxygens (including phenoxy) is 2. The number of hydrogen-bond donors (Lipinski definition) is 1. The summed E-state index contributed by atoms with van der Waals surface area (Å²) in [6, 6.07) is 9.60. The van der Waals surface area contributed by atoms with E-state index in [1.807, 2.05) is 49.6 Å². The van der Waals surface area contributed by atoms with E-state index in [9.17, 15) is 4.79 Å². The number of benzene rings is 1. The van der Waals surface area contributed by atoms with Crippen molar-refractivity contribution in [1.82, 2.24) is 5.32 Å². The maximum atomic E-state index is 12.2. The van der Waals surface area contributed by atoms with Gasteiger partial charge in [-0.2, -0.15) is 0 Å². The Balaban J connectivity index is 2.13. The van der Waals surface area contributed by atoms with Crippen molar-refractivity contribution in [2.75, 3.05) is 14.2 Å². The summed E-state index contributed by atoms with van der Waals surface area (Å²) in [5.74, 6) is 1.33. The van der Waals surface area contributed by atoms with E-state index in [0.29, 0.717) is 17.9 Å². The molecule has 0 aliphatic rings. The number of amides is 1. The zero-order valence-electron chi connectivity index (χ0n) is 13.3. The number of rotatable bonds is 6. The SMILES string of the molecule is COc1ccc(C(C)(C)NC(=O)Cc2cccs2)cc1OC. The monoisotopic (exact) mass is 319 g/mol. The third-order valence-electron chi connectivity index (χ3n) is 3.47. The Hall–Kier alpha value is -2.01. The van der Waals surface area contributed by atoms with E-state index < -0.39 is 5.54 Å². The van der Waals surface area contributed by atoms with E-state index in [1.165, 1.54) is 0 Å². The fraction of sp³-hybridized carbons (Fsp3) is 0.353. The molecule has 2 aromatic rings. The molecule has 1 amide bonds. The van der Waals surface area contributed by atoms with Crippen LogP contribution in [0.1, 0.15) is 24.3 Å². The molecule has 0 fully saturated rings. The van der Waals surface area contributed by atoms with Gasteiger partial charge in [0, 0.05) is 4.88 Å². The van der Waals surface area contributed by atoms with Gasteiger partial charge in [-0.3, -0.25) is 4.79 Å². The van der Waals surface area contributed by atoms with E-state index in [4.69, 9.17) is 9.47 Å². The molecule has 0 spiro atoms. The van der Waals surface area contributed by atoms with Crippen LogP contribution in [-0.4, -0.2) is 20.1 Å². The van der Waals surface area contributed by atoms with Crippen LogP contribution in [0, 0.1) is 0 Å². The van der Waals surface area contributed by atoms with Crippen molar-refractivity contribution in [3.63, 3.8) is 0 Å². The molecule has 4 nitrogen and oxygen atoms in total. The van der Waals surface area contributed by atoms with Gasteiger partial charge >= 0.3 is 0 Å². The Morgan fingerprint density at radius 3 is 2.50 bits per heavy atom. The zero-order chi connectivity index (χ0) is 16.2. The highest BCUT2D eigenvalue weighted by Gasteiger charge is 2.24. The zero-order valence-corrected chi connectivity index (χ0v) is 14.1. The maximum absolute atomic E-state index is 12.2. The van der Waals surface area contributed by atoms with Crippen LogP contribution in [0.3, 0.4) is 0 Å². The van der Waals surface area contributed by atoms with Crippen LogP contribution in [0.25, 0.3) is 0 Å². The molecule has 1 aromatic heterocycles. The van der Waals surface area contributed by atoms with Crippen molar-refractivity contribution in [1.29, 1.82) is 0 Å². The van der Waals surface area contributed by atoms with Gasteiger partial charge in [0.1, 0.15) is 0 Å². The molecule has 0 unspecified atom stereocenters. The lowest BCUT2D eigenvalue weighted by Crippen LogP contribution is -2.41. The maximum Gasteiger partial charge on any atom is 0.225 e. The lowest BCUT2D eigenvalue weighted by atomic mass is 9.93. The van der Waals surface area contributed by atoms with Gasteiger partial charge < -0.3 is 14.8 Å². The number of nitrogens with one attached hydrogen (secondary N) is 1. The molecule has 0 saturated heterocycles. The molecule has 0 saturated carbocycles. The molecule has 0 aliphatic heterocycles. The molecule has 0 aliphatic carbocycles. The van der Waals surface area contributed by atoms with Crippen molar-refractivity contribution < 1.29 is 14.3 Å². The lowest BCUT2D eigenvalue weighted by Gasteiger charge is -2.27. The van der Waals surface area contributed by atoms with Crippen LogP contribution in [0.15, 0.2) is 35.7 Å². The van der Waals surface area contributed by atoms with Crippen LogP contribution in [0.2, 0.25) is 0 Å². The predicted octanol–water partition coefficient (Wildman–Crippen LogP) is 3.36. The van der Waals surface area contributed by atoms with Crippen LogP contribution in [-0.2, 0) is 16.8 Å². The second-order valence-corrected chi connectivity index (χ2v) is 6.53. The molecular weight excluding hydrogens is 298 g/mol. The van der Waals surface area contributed by atoms with Gasteiger partial charge in [0.05, 0.1) is 26.2 Å². The van der Waals surface area contributed by atoms with E-state index in [2.05, 4.69) is 5.32 Å². The average Bonchev–Trinajstić information content (AvgIpc) is 2.98. The molecule has 118 valence electrons. The Labute approximate surface area is 135 Å². The molecule has 5 heteroatoms. The van der Waals surface area contributed by atoms with Gasteiger partial charge in [0.2, 0.25) is 5.91 Å². The topological polar surface area (TPSA) is 47.6 Å². The van der Waals surface area contributed by atoms with Gasteiger partial charge in [-0.1, -0.05) is 12.1 Å². The van der Waals surface area contributed by atoms with Gasteiger partial charge in [0.15, 0.2) is 11.5 Å². The van der Waals surface area contributed by atoms with Gasteiger partial charge in [0.25, 0.3) is 0 Å². The molecule has 0 radical (unpaired) electrons. The fourth-order valence-corrected chi connectivity index (χ4v) is 2.96. The highest BCUT2D eigenvalue weighted by Crippen LogP contribution is 2.32. The summed E-state index contributed by atoms with van der Waals surface area (Å²) in [5, 5.41) is 5.05. The summed E-state index contributed by atoms with van der Waals surface area (Å²) >= 11 is 1.59. The first-order chi connectivity index (χ1) is 10.5. The van der Waals surface area contributed by atoms with E-state index in [1.54, 1.807) is 25.6 Å². The van der Waals surface area contributed by atoms with Gasteiger partial charge in [-0.05, 0) is 43.0 Å². The lowest BCUT2D eigenvalue weighted by molar-refractivity contribution is -0.122. The molecule has 0 bridgehead atoms. The summed E-state index contributed by atoms with van der Waals surface area (Å²) in [5.41, 5.74) is 0.470. The Morgan fingerprint density at radius 1 is 1.18 bits per heavy atom. The third kappa shape index (κ3) is 3.80. The van der Waals surface area contributed by atoms with Gasteiger partial charge in [-0.15, -0.1) is 11.3 Å². The normalized spacial score (nSPS) is 11.1. The number of carbonyl (C=O) groups is 1. The molecule has 22 heavy (non-hydrogen) atoms. The van der Waals surface area contributed by atoms with Crippen LogP contribution in [0.5, 0.6) is 11.5 Å². The average molecular weight is 319 g/mol. The Morgan fingerprint density at radius 2 is 1.91 bits per heavy atom. The standard InChI is InChI=1S/C17H21NO3S/c1-17(2,18-16(19)11-13-6-5-9-22-13)12-7-8-14(20-3)15(10-12)21-4/h5-10H,11H2,1-4H3,(H,18,19). The highest BCUT2D eigenvalue weighted by molar-refractivity contribution is 7.10. The van der Waals surface area contributed by atoms with Crippen molar-refractivity contribution in [3.05, 3.63) is 46.2 Å². The minimum Gasteiger partial charge on any atom is -0.493 e. The molecular formula is C17H21NO3S. The van der Waals surface area contributed by atoms with E-state index in [-0.39, 0.29) is 5.91 Å².